The highest BCUT2D eigenvalue weighted by molar-refractivity contribution is 6.04. The minimum atomic E-state index is -0.0893. The van der Waals surface area contributed by atoms with Crippen LogP contribution in [0.5, 0.6) is 0 Å². The molecule has 2 heterocycles. The van der Waals surface area contributed by atoms with E-state index in [-0.39, 0.29) is 5.91 Å². The fourth-order valence-electron chi connectivity index (χ4n) is 3.52. The lowest BCUT2D eigenvalue weighted by atomic mass is 9.99. The molecule has 2 aromatic carbocycles. The van der Waals surface area contributed by atoms with Gasteiger partial charge in [-0.2, -0.15) is 0 Å². The maximum Gasteiger partial charge on any atom is 0.255 e. The van der Waals surface area contributed by atoms with Gasteiger partial charge in [0.2, 0.25) is 0 Å². The number of benzene rings is 2. The van der Waals surface area contributed by atoms with Crippen molar-refractivity contribution in [2.75, 3.05) is 23.3 Å². The zero-order valence-corrected chi connectivity index (χ0v) is 15.6. The molecule has 1 fully saturated rings. The van der Waals surface area contributed by atoms with Gasteiger partial charge in [-0.05, 0) is 79.4 Å². The summed E-state index contributed by atoms with van der Waals surface area (Å²) in [5, 5.41) is 2.99. The summed E-state index contributed by atoms with van der Waals surface area (Å²) < 4.78 is 2.02. The van der Waals surface area contributed by atoms with E-state index in [0.29, 0.717) is 5.56 Å². The van der Waals surface area contributed by atoms with Crippen LogP contribution in [0.4, 0.5) is 11.4 Å². The van der Waals surface area contributed by atoms with Crippen molar-refractivity contribution in [3.63, 3.8) is 0 Å². The summed E-state index contributed by atoms with van der Waals surface area (Å²) in [6.45, 7) is 4.54. The van der Waals surface area contributed by atoms with Crippen LogP contribution in [0.1, 0.15) is 30.1 Å². The Bertz CT molecular complexity index is 874. The van der Waals surface area contributed by atoms with Crippen molar-refractivity contribution in [2.45, 2.75) is 19.8 Å². The maximum atomic E-state index is 12.5. The van der Waals surface area contributed by atoms with E-state index in [0.717, 1.165) is 30.4 Å². The van der Waals surface area contributed by atoms with Crippen molar-refractivity contribution in [3.05, 3.63) is 78.6 Å². The predicted octanol–water partition coefficient (Wildman–Crippen LogP) is 4.97. The van der Waals surface area contributed by atoms with Crippen LogP contribution < -0.4 is 10.2 Å². The molecule has 1 saturated heterocycles. The van der Waals surface area contributed by atoms with Gasteiger partial charge < -0.3 is 14.8 Å². The van der Waals surface area contributed by atoms with Crippen LogP contribution in [0.3, 0.4) is 0 Å². The Labute approximate surface area is 160 Å². The number of aromatic nitrogens is 1. The molecule has 4 rings (SSSR count). The number of carbonyl (C=O) groups is 1. The highest BCUT2D eigenvalue weighted by Crippen LogP contribution is 2.24. The third kappa shape index (κ3) is 4.05. The molecule has 4 nitrogen and oxygen atoms in total. The number of amides is 1. The number of anilines is 2. The van der Waals surface area contributed by atoms with E-state index in [4.69, 9.17) is 0 Å². The summed E-state index contributed by atoms with van der Waals surface area (Å²) in [5.41, 5.74) is 3.75. The minimum Gasteiger partial charge on any atom is -0.372 e. The summed E-state index contributed by atoms with van der Waals surface area (Å²) >= 11 is 0. The summed E-state index contributed by atoms with van der Waals surface area (Å²) in [6, 6.07) is 19.7. The molecule has 0 unspecified atom stereocenters. The van der Waals surface area contributed by atoms with Gasteiger partial charge in [0.15, 0.2) is 0 Å². The Balaban J connectivity index is 1.39. The first-order valence-electron chi connectivity index (χ1n) is 9.59. The highest BCUT2D eigenvalue weighted by atomic mass is 16.1. The molecule has 27 heavy (non-hydrogen) atoms. The molecule has 0 bridgehead atoms. The SMILES string of the molecule is CC1CCN(c2ccc(NC(=O)c3ccc(-n4cccc4)cc3)cc2)CC1. The molecule has 1 amide bonds. The average Bonchev–Trinajstić information content (AvgIpc) is 3.24. The van der Waals surface area contributed by atoms with Crippen molar-refractivity contribution in [1.82, 2.24) is 4.57 Å². The number of nitrogens with zero attached hydrogens (tertiary/aromatic N) is 2. The highest BCUT2D eigenvalue weighted by Gasteiger charge is 2.16. The van der Waals surface area contributed by atoms with E-state index >= 15 is 0 Å². The first-order valence-corrected chi connectivity index (χ1v) is 9.59. The van der Waals surface area contributed by atoms with Gasteiger partial charge in [-0.1, -0.05) is 6.92 Å². The van der Waals surface area contributed by atoms with Crippen LogP contribution in [-0.4, -0.2) is 23.6 Å². The van der Waals surface area contributed by atoms with E-state index in [2.05, 4.69) is 29.3 Å². The zero-order valence-electron chi connectivity index (χ0n) is 15.6. The third-order valence-electron chi connectivity index (χ3n) is 5.31. The number of nitrogens with one attached hydrogen (secondary N) is 1. The van der Waals surface area contributed by atoms with Crippen LogP contribution in [0.2, 0.25) is 0 Å². The van der Waals surface area contributed by atoms with Crippen molar-refractivity contribution in [1.29, 1.82) is 0 Å². The lowest BCUT2D eigenvalue weighted by Crippen LogP contribution is -2.32. The first-order chi connectivity index (χ1) is 13.2. The van der Waals surface area contributed by atoms with E-state index in [1.807, 2.05) is 65.5 Å². The topological polar surface area (TPSA) is 37.3 Å². The molecule has 0 aliphatic carbocycles. The number of hydrogen-bond acceptors (Lipinski definition) is 2. The first kappa shape index (κ1) is 17.4. The van der Waals surface area contributed by atoms with Gasteiger partial charge in [0.05, 0.1) is 0 Å². The molecule has 1 aliphatic heterocycles. The average molecular weight is 359 g/mol. The van der Waals surface area contributed by atoms with E-state index in [1.54, 1.807) is 0 Å². The van der Waals surface area contributed by atoms with E-state index < -0.39 is 0 Å². The number of rotatable bonds is 4. The molecule has 1 N–H and O–H groups in total. The van der Waals surface area contributed by atoms with Crippen LogP contribution in [0.15, 0.2) is 73.1 Å². The Morgan fingerprint density at radius 1 is 0.889 bits per heavy atom. The van der Waals surface area contributed by atoms with Crippen molar-refractivity contribution in [3.8, 4) is 5.69 Å². The smallest absolute Gasteiger partial charge is 0.255 e. The molecule has 3 aromatic rings. The minimum absolute atomic E-state index is 0.0893. The maximum absolute atomic E-state index is 12.5. The van der Waals surface area contributed by atoms with Crippen LogP contribution in [0, 0.1) is 5.92 Å². The van der Waals surface area contributed by atoms with Crippen molar-refractivity contribution in [2.24, 2.45) is 5.92 Å². The summed E-state index contributed by atoms with van der Waals surface area (Å²) in [5.74, 6) is 0.734. The fraction of sp³-hybridized carbons (Fsp3) is 0.261. The molecule has 0 atom stereocenters. The van der Waals surface area contributed by atoms with Crippen LogP contribution in [0.25, 0.3) is 5.69 Å². The van der Waals surface area contributed by atoms with Gasteiger partial charge in [-0.3, -0.25) is 4.79 Å². The van der Waals surface area contributed by atoms with Gasteiger partial charge in [-0.25, -0.2) is 0 Å². The summed E-state index contributed by atoms with van der Waals surface area (Å²) in [7, 11) is 0. The second kappa shape index (κ2) is 7.70. The molecule has 1 aromatic heterocycles. The zero-order chi connectivity index (χ0) is 18.6. The standard InChI is InChI=1S/C23H25N3O/c1-18-12-16-26(17-13-18)22-10-6-20(7-11-22)24-23(27)19-4-8-21(9-5-19)25-14-2-3-15-25/h2-11,14-15,18H,12-13,16-17H2,1H3,(H,24,27). The van der Waals surface area contributed by atoms with Gasteiger partial charge in [0, 0.05) is 48.1 Å². The molecular formula is C23H25N3O. The fourth-order valence-corrected chi connectivity index (χ4v) is 3.52. The second-order valence-electron chi connectivity index (χ2n) is 7.31. The van der Waals surface area contributed by atoms with E-state index in [9.17, 15) is 4.79 Å². The van der Waals surface area contributed by atoms with Gasteiger partial charge in [0.25, 0.3) is 5.91 Å². The van der Waals surface area contributed by atoms with Crippen LogP contribution >= 0.6 is 0 Å². The predicted molar refractivity (Wildman–Crippen MR) is 111 cm³/mol. The lowest BCUT2D eigenvalue weighted by molar-refractivity contribution is 0.102. The number of hydrogen-bond donors (Lipinski definition) is 1. The normalized spacial score (nSPS) is 14.9. The van der Waals surface area contributed by atoms with Gasteiger partial charge in [0.1, 0.15) is 0 Å². The largest absolute Gasteiger partial charge is 0.372 e. The Hall–Kier alpha value is -3.01. The van der Waals surface area contributed by atoms with E-state index in [1.165, 1.54) is 18.5 Å². The van der Waals surface area contributed by atoms with Crippen molar-refractivity contribution < 1.29 is 4.79 Å². The Morgan fingerprint density at radius 2 is 1.48 bits per heavy atom. The lowest BCUT2D eigenvalue weighted by Gasteiger charge is -2.32. The monoisotopic (exact) mass is 359 g/mol. The summed E-state index contributed by atoms with van der Waals surface area (Å²) in [4.78, 5) is 14.9. The number of piperidine rings is 1. The molecule has 1 aliphatic rings. The molecule has 4 heteroatoms. The second-order valence-corrected chi connectivity index (χ2v) is 7.31. The van der Waals surface area contributed by atoms with Crippen LogP contribution in [-0.2, 0) is 0 Å². The number of carbonyl (C=O) groups excluding carboxylic acids is 1. The Kier molecular flexibility index (Phi) is 4.97. The molecule has 0 radical (unpaired) electrons. The molecule has 0 spiro atoms. The Morgan fingerprint density at radius 3 is 2.11 bits per heavy atom. The van der Waals surface area contributed by atoms with Crippen molar-refractivity contribution >= 4 is 17.3 Å². The molecular weight excluding hydrogens is 334 g/mol. The quantitative estimate of drug-likeness (QED) is 0.714. The van der Waals surface area contributed by atoms with Gasteiger partial charge in [-0.15, -0.1) is 0 Å². The molecule has 0 saturated carbocycles. The third-order valence-corrected chi connectivity index (χ3v) is 5.31. The summed E-state index contributed by atoms with van der Waals surface area (Å²) in [6.07, 6.45) is 6.47. The molecule has 138 valence electrons. The van der Waals surface area contributed by atoms with Gasteiger partial charge >= 0.3 is 0 Å².